The summed E-state index contributed by atoms with van der Waals surface area (Å²) in [5.74, 6) is -0.403. The Kier molecular flexibility index (Phi) is 6.67. The lowest BCUT2D eigenvalue weighted by atomic mass is 10.1. The quantitative estimate of drug-likeness (QED) is 0.664. The normalized spacial score (nSPS) is 19.6. The molecular formula is C22H22ClF2N3O2S. The Balaban J connectivity index is 1.35. The first kappa shape index (κ1) is 21.9. The van der Waals surface area contributed by atoms with Gasteiger partial charge in [0, 0.05) is 53.5 Å². The molecule has 1 unspecified atom stereocenters. The summed E-state index contributed by atoms with van der Waals surface area (Å²) >= 11 is 7.44. The van der Waals surface area contributed by atoms with Gasteiger partial charge in [0.2, 0.25) is 5.91 Å². The highest BCUT2D eigenvalue weighted by atomic mass is 35.5. The van der Waals surface area contributed by atoms with E-state index < -0.39 is 11.6 Å². The van der Waals surface area contributed by atoms with Gasteiger partial charge in [0.05, 0.1) is 0 Å². The molecule has 2 saturated heterocycles. The number of anilines is 1. The Bertz CT molecular complexity index is 976. The van der Waals surface area contributed by atoms with Crippen LogP contribution in [0, 0.1) is 11.6 Å². The van der Waals surface area contributed by atoms with Crippen LogP contribution in [0.15, 0.2) is 42.5 Å². The van der Waals surface area contributed by atoms with Gasteiger partial charge in [-0.1, -0.05) is 11.6 Å². The molecule has 2 heterocycles. The molecule has 9 heteroatoms. The first-order valence-corrected chi connectivity index (χ1v) is 11.5. The molecule has 0 N–H and O–H groups in total. The van der Waals surface area contributed by atoms with Crippen LogP contribution in [0.25, 0.3) is 0 Å². The fourth-order valence-corrected chi connectivity index (χ4v) is 5.25. The van der Waals surface area contributed by atoms with Gasteiger partial charge in [-0.25, -0.2) is 13.6 Å². The van der Waals surface area contributed by atoms with Crippen LogP contribution in [-0.2, 0) is 4.79 Å². The number of amides is 3. The average molecular weight is 466 g/mol. The van der Waals surface area contributed by atoms with Crippen molar-refractivity contribution in [1.29, 1.82) is 0 Å². The van der Waals surface area contributed by atoms with Crippen molar-refractivity contribution in [1.82, 2.24) is 9.80 Å². The van der Waals surface area contributed by atoms with Crippen LogP contribution in [0.4, 0.5) is 19.3 Å². The molecule has 5 nitrogen and oxygen atoms in total. The lowest BCUT2D eigenvalue weighted by Gasteiger charge is -2.24. The van der Waals surface area contributed by atoms with E-state index in [-0.39, 0.29) is 23.7 Å². The van der Waals surface area contributed by atoms with E-state index in [0.29, 0.717) is 48.9 Å². The minimum atomic E-state index is -0.466. The van der Waals surface area contributed by atoms with Gasteiger partial charge in [0.1, 0.15) is 18.2 Å². The molecular weight excluding hydrogens is 444 g/mol. The number of nitrogens with zero attached hydrogens (tertiary/aromatic N) is 3. The Hall–Kier alpha value is -2.32. The molecule has 2 aromatic rings. The molecule has 0 spiro atoms. The first-order chi connectivity index (χ1) is 14.9. The predicted molar refractivity (Wildman–Crippen MR) is 119 cm³/mol. The Morgan fingerprint density at radius 3 is 2.61 bits per heavy atom. The summed E-state index contributed by atoms with van der Waals surface area (Å²) in [6.45, 7) is 1.93. The molecule has 2 aliphatic rings. The smallest absolute Gasteiger partial charge is 0.325 e. The molecule has 0 bridgehead atoms. The van der Waals surface area contributed by atoms with Gasteiger partial charge in [-0.05, 0) is 48.9 Å². The number of rotatable bonds is 4. The van der Waals surface area contributed by atoms with Gasteiger partial charge in [-0.2, -0.15) is 11.8 Å². The zero-order valence-corrected chi connectivity index (χ0v) is 18.3. The second kappa shape index (κ2) is 9.44. The number of hydrogen-bond acceptors (Lipinski definition) is 3. The zero-order chi connectivity index (χ0) is 22.0. The standard InChI is InChI=1S/C22H22ClF2N3O2S/c23-15-1-4-17(5-2-15)28-10-9-27(22(28)30)14-21(29)26-8-7-20(31-12-11-26)18-13-16(24)3-6-19(18)25/h1-6,13,20H,7-12,14H2. The van der Waals surface area contributed by atoms with Gasteiger partial charge in [-0.3, -0.25) is 9.69 Å². The first-order valence-electron chi connectivity index (χ1n) is 10.1. The van der Waals surface area contributed by atoms with Crippen molar-refractivity contribution in [2.75, 3.05) is 43.4 Å². The van der Waals surface area contributed by atoms with Crippen LogP contribution < -0.4 is 4.90 Å². The summed E-state index contributed by atoms with van der Waals surface area (Å²) < 4.78 is 27.7. The number of urea groups is 1. The molecule has 0 aliphatic carbocycles. The maximum atomic E-state index is 14.1. The second-order valence-corrected chi connectivity index (χ2v) is 9.27. The molecule has 2 fully saturated rings. The molecule has 0 radical (unpaired) electrons. The van der Waals surface area contributed by atoms with Crippen molar-refractivity contribution < 1.29 is 18.4 Å². The number of halogens is 3. The van der Waals surface area contributed by atoms with E-state index in [9.17, 15) is 18.4 Å². The van der Waals surface area contributed by atoms with E-state index in [4.69, 9.17) is 11.6 Å². The zero-order valence-electron chi connectivity index (χ0n) is 16.8. The fraction of sp³-hybridized carbons (Fsp3) is 0.364. The maximum Gasteiger partial charge on any atom is 0.325 e. The van der Waals surface area contributed by atoms with Gasteiger partial charge in [0.15, 0.2) is 0 Å². The largest absolute Gasteiger partial charge is 0.340 e. The molecule has 164 valence electrons. The molecule has 4 rings (SSSR count). The van der Waals surface area contributed by atoms with Gasteiger partial charge >= 0.3 is 6.03 Å². The molecule has 0 aromatic heterocycles. The third-order valence-electron chi connectivity index (χ3n) is 5.56. The van der Waals surface area contributed by atoms with Crippen molar-refractivity contribution in [2.24, 2.45) is 0 Å². The topological polar surface area (TPSA) is 43.9 Å². The maximum absolute atomic E-state index is 14.1. The van der Waals surface area contributed by atoms with E-state index >= 15 is 0 Å². The van der Waals surface area contributed by atoms with Crippen LogP contribution in [0.5, 0.6) is 0 Å². The highest BCUT2D eigenvalue weighted by Gasteiger charge is 2.32. The van der Waals surface area contributed by atoms with Crippen molar-refractivity contribution in [2.45, 2.75) is 11.7 Å². The van der Waals surface area contributed by atoms with Crippen molar-refractivity contribution in [3.8, 4) is 0 Å². The van der Waals surface area contributed by atoms with E-state index in [1.807, 2.05) is 0 Å². The highest BCUT2D eigenvalue weighted by molar-refractivity contribution is 7.99. The monoisotopic (exact) mass is 465 g/mol. The predicted octanol–water partition coefficient (Wildman–Crippen LogP) is 4.57. The number of hydrogen-bond donors (Lipinski definition) is 0. The highest BCUT2D eigenvalue weighted by Crippen LogP contribution is 2.36. The molecule has 3 amide bonds. The van der Waals surface area contributed by atoms with Gasteiger partial charge in [-0.15, -0.1) is 0 Å². The number of carbonyl (C=O) groups excluding carboxylic acids is 2. The Labute approximate surface area is 188 Å². The SMILES string of the molecule is O=C(CN1CCN(c2ccc(Cl)cc2)C1=O)N1CCSC(c2cc(F)ccc2F)CC1. The van der Waals surface area contributed by atoms with Crippen LogP contribution in [-0.4, -0.2) is 60.2 Å². The summed E-state index contributed by atoms with van der Waals surface area (Å²) in [6, 6.07) is 10.3. The lowest BCUT2D eigenvalue weighted by molar-refractivity contribution is -0.131. The third kappa shape index (κ3) is 4.96. The van der Waals surface area contributed by atoms with Crippen LogP contribution in [0.1, 0.15) is 17.2 Å². The minimum absolute atomic E-state index is 0.00653. The Morgan fingerprint density at radius 2 is 1.84 bits per heavy atom. The van der Waals surface area contributed by atoms with Crippen LogP contribution in [0.2, 0.25) is 5.02 Å². The summed E-state index contributed by atoms with van der Waals surface area (Å²) in [6.07, 6.45) is 0.529. The molecule has 2 aliphatic heterocycles. The van der Waals surface area contributed by atoms with Crippen molar-refractivity contribution in [3.63, 3.8) is 0 Å². The summed E-state index contributed by atoms with van der Waals surface area (Å²) in [7, 11) is 0. The van der Waals surface area contributed by atoms with Crippen LogP contribution >= 0.6 is 23.4 Å². The summed E-state index contributed by atoms with van der Waals surface area (Å²) in [4.78, 5) is 30.5. The van der Waals surface area contributed by atoms with Gasteiger partial charge < -0.3 is 9.80 Å². The fourth-order valence-electron chi connectivity index (χ4n) is 3.88. The van der Waals surface area contributed by atoms with Crippen molar-refractivity contribution >= 4 is 41.0 Å². The van der Waals surface area contributed by atoms with Crippen molar-refractivity contribution in [3.05, 3.63) is 64.7 Å². The molecule has 2 aromatic carbocycles. The molecule has 31 heavy (non-hydrogen) atoms. The molecule has 0 saturated carbocycles. The number of thioether (sulfide) groups is 1. The Morgan fingerprint density at radius 1 is 1.06 bits per heavy atom. The average Bonchev–Trinajstić information content (AvgIpc) is 2.96. The summed E-state index contributed by atoms with van der Waals surface area (Å²) in [5.41, 5.74) is 1.09. The van der Waals surface area contributed by atoms with Crippen LogP contribution in [0.3, 0.4) is 0 Å². The van der Waals surface area contributed by atoms with E-state index in [2.05, 4.69) is 0 Å². The third-order valence-corrected chi connectivity index (χ3v) is 7.12. The number of carbonyl (C=O) groups is 2. The minimum Gasteiger partial charge on any atom is -0.340 e. The van der Waals surface area contributed by atoms with E-state index in [1.54, 1.807) is 39.0 Å². The molecule has 1 atom stereocenters. The summed E-state index contributed by atoms with van der Waals surface area (Å²) in [5, 5.41) is 0.389. The lowest BCUT2D eigenvalue weighted by Crippen LogP contribution is -2.43. The van der Waals surface area contributed by atoms with Gasteiger partial charge in [0.25, 0.3) is 0 Å². The van der Waals surface area contributed by atoms with E-state index in [0.717, 1.165) is 17.8 Å². The number of benzene rings is 2. The second-order valence-electron chi connectivity index (χ2n) is 7.53. The van der Waals surface area contributed by atoms with E-state index in [1.165, 1.54) is 17.8 Å².